The predicted molar refractivity (Wildman–Crippen MR) is 295 cm³/mol. The molecule has 0 radical (unpaired) electrons. The first-order valence-corrected chi connectivity index (χ1v) is 24.8. The van der Waals surface area contributed by atoms with Gasteiger partial charge >= 0.3 is 12.4 Å². The van der Waals surface area contributed by atoms with Gasteiger partial charge in [-0.05, 0) is 90.0 Å². The number of benzene rings is 10. The van der Waals surface area contributed by atoms with Gasteiger partial charge in [0.15, 0.2) is 17.5 Å². The Morgan fingerprint density at radius 2 is 0.597 bits per heavy atom. The summed E-state index contributed by atoms with van der Waals surface area (Å²) < 4.78 is 94.8. The van der Waals surface area contributed by atoms with E-state index in [9.17, 15) is 26.3 Å². The van der Waals surface area contributed by atoms with E-state index in [1.807, 2.05) is 109 Å². The summed E-state index contributed by atoms with van der Waals surface area (Å²) in [4.78, 5) is 14.9. The van der Waals surface area contributed by atoms with Crippen molar-refractivity contribution < 1.29 is 26.3 Å². The molecular weight excluding hydrogens is 979 g/mol. The van der Waals surface area contributed by atoms with Crippen LogP contribution in [0.2, 0.25) is 0 Å². The number of para-hydroxylation sites is 4. The number of rotatable bonds is 7. The van der Waals surface area contributed by atoms with E-state index in [1.165, 1.54) is 0 Å². The lowest BCUT2D eigenvalue weighted by Gasteiger charge is -2.18. The van der Waals surface area contributed by atoms with Crippen molar-refractivity contribution >= 4 is 65.4 Å². The molecule has 14 aromatic rings. The molecule has 0 saturated heterocycles. The first-order chi connectivity index (χ1) is 37.4. The zero-order valence-electron chi connectivity index (χ0n) is 40.4. The monoisotopic (exact) mass is 1020 g/mol. The van der Waals surface area contributed by atoms with E-state index in [1.54, 1.807) is 18.2 Å². The van der Waals surface area contributed by atoms with Gasteiger partial charge in [-0.3, -0.25) is 0 Å². The highest BCUT2D eigenvalue weighted by atomic mass is 19.4. The van der Waals surface area contributed by atoms with E-state index in [0.29, 0.717) is 16.8 Å². The highest BCUT2D eigenvalue weighted by molar-refractivity contribution is 6.14. The van der Waals surface area contributed by atoms with Gasteiger partial charge < -0.3 is 13.7 Å². The molecule has 0 aliphatic heterocycles. The molecule has 4 heterocycles. The van der Waals surface area contributed by atoms with Crippen molar-refractivity contribution in [1.82, 2.24) is 28.7 Å². The quantitative estimate of drug-likeness (QED) is 0.150. The Morgan fingerprint density at radius 1 is 0.260 bits per heavy atom. The summed E-state index contributed by atoms with van der Waals surface area (Å²) in [5, 5.41) is 6.18. The highest BCUT2D eigenvalue weighted by Gasteiger charge is 2.37. The van der Waals surface area contributed by atoms with Crippen LogP contribution in [0.15, 0.2) is 231 Å². The van der Waals surface area contributed by atoms with Crippen molar-refractivity contribution in [2.45, 2.75) is 12.4 Å². The molecule has 0 bridgehead atoms. The van der Waals surface area contributed by atoms with Crippen LogP contribution in [0.3, 0.4) is 0 Å². The number of alkyl halides is 6. The molecular formula is C65H38F6N6. The summed E-state index contributed by atoms with van der Waals surface area (Å²) in [6, 6.07) is 70.7. The molecule has 0 saturated carbocycles. The summed E-state index contributed by atoms with van der Waals surface area (Å²) in [7, 11) is 0. The minimum atomic E-state index is -5.10. The topological polar surface area (TPSA) is 53.5 Å². The zero-order valence-corrected chi connectivity index (χ0v) is 40.4. The molecule has 14 rings (SSSR count). The zero-order chi connectivity index (χ0) is 52.2. The number of hydrogen-bond donors (Lipinski definition) is 0. The molecule has 0 atom stereocenters. The first-order valence-electron chi connectivity index (χ1n) is 24.8. The average molecular weight is 1020 g/mol. The third-order valence-corrected chi connectivity index (χ3v) is 14.5. The number of hydrogen-bond acceptors (Lipinski definition) is 3. The lowest BCUT2D eigenvalue weighted by atomic mass is 9.94. The van der Waals surface area contributed by atoms with Gasteiger partial charge in [0.25, 0.3) is 0 Å². The summed E-state index contributed by atoms with van der Waals surface area (Å²) >= 11 is 0. The van der Waals surface area contributed by atoms with Crippen LogP contribution < -0.4 is 0 Å². The van der Waals surface area contributed by atoms with E-state index in [2.05, 4.69) is 98.6 Å². The van der Waals surface area contributed by atoms with Gasteiger partial charge in [0.2, 0.25) is 0 Å². The molecule has 0 fully saturated rings. The van der Waals surface area contributed by atoms with E-state index < -0.39 is 23.5 Å². The fraction of sp³-hybridized carbons (Fsp3) is 0.0308. The second-order valence-corrected chi connectivity index (χ2v) is 19.0. The fourth-order valence-corrected chi connectivity index (χ4v) is 11.1. The van der Waals surface area contributed by atoms with E-state index in [0.717, 1.165) is 88.9 Å². The third-order valence-electron chi connectivity index (χ3n) is 14.5. The standard InChI is InChI=1S/C65H38F6N6/c66-64(67,68)42-33-41(34-43(35-42)65(69,70)71)47-30-27-44(36-54(47)63-73-61(39-15-3-1-4-16-39)72-62(74-63)40-17-5-2-6-18-40)77-59-37-45(75-55-23-11-7-19-48(55)49-20-8-12-24-56(49)75)28-31-52(59)53-32-29-46(38-60(53)77)76-57-25-13-9-21-50(57)51-22-10-14-26-58(51)76/h1-38H. The average Bonchev–Trinajstić information content (AvgIpc) is 4.20. The molecule has 0 aliphatic carbocycles. The van der Waals surface area contributed by atoms with Crippen molar-refractivity contribution in [1.29, 1.82) is 0 Å². The second kappa shape index (κ2) is 17.4. The van der Waals surface area contributed by atoms with Gasteiger partial charge in [0.05, 0.1) is 44.2 Å². The van der Waals surface area contributed by atoms with Gasteiger partial charge in [-0.15, -0.1) is 0 Å². The fourth-order valence-electron chi connectivity index (χ4n) is 11.1. The number of halogens is 6. The molecule has 12 heteroatoms. The molecule has 0 unspecified atom stereocenters. The summed E-state index contributed by atoms with van der Waals surface area (Å²) in [6.07, 6.45) is -10.2. The smallest absolute Gasteiger partial charge is 0.309 e. The van der Waals surface area contributed by atoms with Crippen LogP contribution in [-0.2, 0) is 12.4 Å². The molecule has 0 spiro atoms. The van der Waals surface area contributed by atoms with Crippen molar-refractivity contribution in [3.8, 4) is 62.4 Å². The summed E-state index contributed by atoms with van der Waals surface area (Å²) in [6.45, 7) is 0. The summed E-state index contributed by atoms with van der Waals surface area (Å²) in [5.41, 5.74) is 6.19. The summed E-state index contributed by atoms with van der Waals surface area (Å²) in [5.74, 6) is 0.557. The largest absolute Gasteiger partial charge is 0.416 e. The van der Waals surface area contributed by atoms with Crippen LogP contribution in [0.5, 0.6) is 0 Å². The second-order valence-electron chi connectivity index (χ2n) is 19.0. The Balaban J connectivity index is 1.09. The SMILES string of the molecule is FC(F)(F)c1cc(-c2ccc(-n3c4cc(-n5c6ccccc6c6ccccc65)ccc4c4ccc(-n5c6ccccc6c6ccccc65)cc43)cc2-c2nc(-c3ccccc3)nc(-c3ccccc3)n2)cc(C(F)(F)F)c1. The van der Waals surface area contributed by atoms with Gasteiger partial charge in [0.1, 0.15) is 0 Å². The van der Waals surface area contributed by atoms with Gasteiger partial charge in [-0.1, -0.05) is 152 Å². The van der Waals surface area contributed by atoms with Gasteiger partial charge in [0, 0.05) is 66.1 Å². The minimum absolute atomic E-state index is 0.0400. The van der Waals surface area contributed by atoms with Crippen LogP contribution in [0.4, 0.5) is 26.3 Å². The number of nitrogens with zero attached hydrogens (tertiary/aromatic N) is 6. The molecule has 370 valence electrons. The Hall–Kier alpha value is -9.81. The molecule has 4 aromatic heterocycles. The minimum Gasteiger partial charge on any atom is -0.309 e. The van der Waals surface area contributed by atoms with Crippen molar-refractivity contribution in [3.05, 3.63) is 242 Å². The van der Waals surface area contributed by atoms with Crippen molar-refractivity contribution in [2.75, 3.05) is 0 Å². The van der Waals surface area contributed by atoms with E-state index in [-0.39, 0.29) is 40.2 Å². The maximum Gasteiger partial charge on any atom is 0.416 e. The Morgan fingerprint density at radius 3 is 1.01 bits per heavy atom. The Labute approximate surface area is 435 Å². The predicted octanol–water partition coefficient (Wildman–Crippen LogP) is 17.9. The Bertz CT molecular complexity index is 4300. The van der Waals surface area contributed by atoms with Gasteiger partial charge in [-0.2, -0.15) is 26.3 Å². The van der Waals surface area contributed by atoms with Crippen LogP contribution in [0, 0.1) is 0 Å². The lowest BCUT2D eigenvalue weighted by Crippen LogP contribution is -2.11. The molecule has 6 nitrogen and oxygen atoms in total. The van der Waals surface area contributed by atoms with Crippen LogP contribution in [-0.4, -0.2) is 28.7 Å². The van der Waals surface area contributed by atoms with Crippen molar-refractivity contribution in [3.63, 3.8) is 0 Å². The molecule has 0 N–H and O–H groups in total. The van der Waals surface area contributed by atoms with Crippen LogP contribution in [0.1, 0.15) is 11.1 Å². The van der Waals surface area contributed by atoms with Crippen LogP contribution in [0.25, 0.3) is 128 Å². The molecule has 0 aliphatic rings. The maximum atomic E-state index is 14.7. The first kappa shape index (κ1) is 45.8. The molecule has 77 heavy (non-hydrogen) atoms. The normalized spacial score (nSPS) is 12.3. The van der Waals surface area contributed by atoms with Crippen molar-refractivity contribution in [2.24, 2.45) is 0 Å². The maximum absolute atomic E-state index is 14.7. The van der Waals surface area contributed by atoms with Crippen LogP contribution >= 0.6 is 0 Å². The molecule has 10 aromatic carbocycles. The Kier molecular flexibility index (Phi) is 10.3. The number of fused-ring (bicyclic) bond motifs is 9. The highest BCUT2D eigenvalue weighted by Crippen LogP contribution is 2.44. The third kappa shape index (κ3) is 7.62. The van der Waals surface area contributed by atoms with E-state index >= 15 is 0 Å². The lowest BCUT2D eigenvalue weighted by molar-refractivity contribution is -0.143. The molecule has 0 amide bonds. The van der Waals surface area contributed by atoms with Gasteiger partial charge in [-0.25, -0.2) is 15.0 Å². The van der Waals surface area contributed by atoms with E-state index in [4.69, 9.17) is 15.0 Å². The number of aromatic nitrogens is 6.